The first-order valence-electron chi connectivity index (χ1n) is 12.6. The Morgan fingerprint density at radius 1 is 0.949 bits per heavy atom. The number of rotatable bonds is 5. The Labute approximate surface area is 221 Å². The molecule has 5 aromatic heterocycles. The van der Waals surface area contributed by atoms with Gasteiger partial charge in [0.05, 0.1) is 17.4 Å². The molecule has 0 unspecified atom stereocenters. The predicted octanol–water partition coefficient (Wildman–Crippen LogP) is 4.60. The van der Waals surface area contributed by atoms with Crippen LogP contribution >= 0.6 is 0 Å². The van der Waals surface area contributed by atoms with E-state index in [1.165, 1.54) is 12.1 Å². The van der Waals surface area contributed by atoms with Crippen LogP contribution in [0.3, 0.4) is 0 Å². The minimum Gasteiger partial charge on any atom is -0.508 e. The van der Waals surface area contributed by atoms with Gasteiger partial charge in [-0.3, -0.25) is 10.1 Å². The number of aromatic hydroxyl groups is 1. The first-order valence-corrected chi connectivity index (χ1v) is 12.6. The normalized spacial score (nSPS) is 14.3. The highest BCUT2D eigenvalue weighted by Crippen LogP contribution is 2.33. The first-order chi connectivity index (χ1) is 19.1. The molecule has 0 saturated carbocycles. The summed E-state index contributed by atoms with van der Waals surface area (Å²) in [6.07, 6.45) is 7.18. The summed E-state index contributed by atoms with van der Waals surface area (Å²) in [5.74, 6) is 0.469. The SMILES string of the molecule is Oc1cc(F)cc(-c2ccnc3[nH]c(-c4n[nH]c5ccc(-c6cncc(OC7CCNCC7)c6)nc45)nc23)c1. The largest absolute Gasteiger partial charge is 0.508 e. The molecule has 11 heteroatoms. The summed E-state index contributed by atoms with van der Waals surface area (Å²) in [5, 5.41) is 20.7. The van der Waals surface area contributed by atoms with E-state index in [1.54, 1.807) is 24.7 Å². The average molecular weight is 523 g/mol. The van der Waals surface area contributed by atoms with Gasteiger partial charge in [0, 0.05) is 29.6 Å². The van der Waals surface area contributed by atoms with E-state index in [1.807, 2.05) is 18.2 Å². The minimum absolute atomic E-state index is 0.166. The maximum Gasteiger partial charge on any atom is 0.162 e. The van der Waals surface area contributed by atoms with Crippen molar-refractivity contribution in [3.63, 3.8) is 0 Å². The van der Waals surface area contributed by atoms with Crippen molar-refractivity contribution in [1.82, 2.24) is 40.4 Å². The van der Waals surface area contributed by atoms with Crippen molar-refractivity contribution < 1.29 is 14.2 Å². The Kier molecular flexibility index (Phi) is 5.63. The molecule has 0 amide bonds. The topological polar surface area (TPSA) is 138 Å². The Hall–Kier alpha value is -4.90. The number of benzene rings is 1. The number of imidazole rings is 1. The van der Waals surface area contributed by atoms with Gasteiger partial charge >= 0.3 is 0 Å². The summed E-state index contributed by atoms with van der Waals surface area (Å²) in [5.41, 5.74) is 5.59. The molecule has 1 fully saturated rings. The van der Waals surface area contributed by atoms with Crippen molar-refractivity contribution in [3.8, 4) is 45.4 Å². The van der Waals surface area contributed by atoms with E-state index >= 15 is 0 Å². The highest BCUT2D eigenvalue weighted by atomic mass is 19.1. The van der Waals surface area contributed by atoms with Gasteiger partial charge in [0.15, 0.2) is 17.2 Å². The number of hydrogen-bond acceptors (Lipinski definition) is 8. The lowest BCUT2D eigenvalue weighted by Gasteiger charge is -2.23. The molecule has 1 aliphatic rings. The summed E-state index contributed by atoms with van der Waals surface area (Å²) < 4.78 is 20.2. The monoisotopic (exact) mass is 522 g/mol. The van der Waals surface area contributed by atoms with Gasteiger partial charge in [0.2, 0.25) is 0 Å². The van der Waals surface area contributed by atoms with E-state index in [-0.39, 0.29) is 11.9 Å². The molecule has 0 radical (unpaired) electrons. The third kappa shape index (κ3) is 4.42. The summed E-state index contributed by atoms with van der Waals surface area (Å²) in [6, 6.07) is 11.4. The molecule has 6 aromatic rings. The smallest absolute Gasteiger partial charge is 0.162 e. The number of aromatic nitrogens is 7. The molecule has 7 rings (SSSR count). The van der Waals surface area contributed by atoms with Crippen molar-refractivity contribution >= 4 is 22.2 Å². The zero-order valence-electron chi connectivity index (χ0n) is 20.6. The second-order valence-corrected chi connectivity index (χ2v) is 9.48. The second kappa shape index (κ2) is 9.44. The highest BCUT2D eigenvalue weighted by molar-refractivity contribution is 5.95. The third-order valence-electron chi connectivity index (χ3n) is 6.81. The lowest BCUT2D eigenvalue weighted by molar-refractivity contribution is 0.162. The molecule has 39 heavy (non-hydrogen) atoms. The Morgan fingerprint density at radius 2 is 1.85 bits per heavy atom. The number of phenolic OH excluding ortho intramolecular Hbond substituents is 1. The molecule has 0 atom stereocenters. The lowest BCUT2D eigenvalue weighted by Crippen LogP contribution is -2.34. The number of piperidine rings is 1. The van der Waals surface area contributed by atoms with Crippen LogP contribution in [-0.2, 0) is 0 Å². The molecule has 194 valence electrons. The van der Waals surface area contributed by atoms with Gasteiger partial charge in [-0.2, -0.15) is 5.10 Å². The number of halogens is 1. The molecule has 6 heterocycles. The van der Waals surface area contributed by atoms with Crippen molar-refractivity contribution in [2.75, 3.05) is 13.1 Å². The van der Waals surface area contributed by atoms with Crippen LogP contribution in [0.5, 0.6) is 11.5 Å². The fourth-order valence-corrected chi connectivity index (χ4v) is 4.94. The van der Waals surface area contributed by atoms with Gasteiger partial charge in [0.25, 0.3) is 0 Å². The number of hydrogen-bond donors (Lipinski definition) is 4. The summed E-state index contributed by atoms with van der Waals surface area (Å²) in [6.45, 7) is 1.89. The number of nitrogens with one attached hydrogen (secondary N) is 3. The van der Waals surface area contributed by atoms with E-state index in [4.69, 9.17) is 14.7 Å². The molecule has 10 nitrogen and oxygen atoms in total. The van der Waals surface area contributed by atoms with Crippen molar-refractivity contribution in [3.05, 3.63) is 66.9 Å². The zero-order valence-corrected chi connectivity index (χ0v) is 20.6. The lowest BCUT2D eigenvalue weighted by atomic mass is 10.1. The van der Waals surface area contributed by atoms with Gasteiger partial charge in [-0.1, -0.05) is 0 Å². The molecular weight excluding hydrogens is 499 g/mol. The van der Waals surface area contributed by atoms with Crippen LogP contribution in [0.1, 0.15) is 12.8 Å². The maximum atomic E-state index is 14.0. The predicted molar refractivity (Wildman–Crippen MR) is 144 cm³/mol. The molecular formula is C28H23FN8O2. The molecule has 1 aliphatic heterocycles. The number of nitrogens with zero attached hydrogens (tertiary/aromatic N) is 5. The quantitative estimate of drug-likeness (QED) is 0.258. The summed E-state index contributed by atoms with van der Waals surface area (Å²) >= 11 is 0. The fraction of sp³-hybridized carbons (Fsp3) is 0.179. The summed E-state index contributed by atoms with van der Waals surface area (Å²) in [7, 11) is 0. The zero-order chi connectivity index (χ0) is 26.3. The third-order valence-corrected chi connectivity index (χ3v) is 6.81. The van der Waals surface area contributed by atoms with Gasteiger partial charge < -0.3 is 20.1 Å². The van der Waals surface area contributed by atoms with E-state index in [2.05, 4.69) is 30.5 Å². The molecule has 0 bridgehead atoms. The van der Waals surface area contributed by atoms with Crippen LogP contribution in [-0.4, -0.2) is 59.4 Å². The average Bonchev–Trinajstić information content (AvgIpc) is 3.57. The van der Waals surface area contributed by atoms with Crippen LogP contribution in [0, 0.1) is 5.82 Å². The van der Waals surface area contributed by atoms with E-state index < -0.39 is 5.82 Å². The number of ether oxygens (including phenoxy) is 1. The van der Waals surface area contributed by atoms with E-state index in [0.717, 1.165) is 48.8 Å². The van der Waals surface area contributed by atoms with Crippen LogP contribution < -0.4 is 10.1 Å². The Morgan fingerprint density at radius 3 is 2.72 bits per heavy atom. The molecule has 1 saturated heterocycles. The van der Waals surface area contributed by atoms with Crippen molar-refractivity contribution in [2.45, 2.75) is 18.9 Å². The van der Waals surface area contributed by atoms with Gasteiger partial charge in [0.1, 0.15) is 34.5 Å². The number of H-pyrrole nitrogens is 2. The van der Waals surface area contributed by atoms with Gasteiger partial charge in [-0.05, 0) is 67.9 Å². The van der Waals surface area contributed by atoms with Gasteiger partial charge in [-0.25, -0.2) is 19.3 Å². The van der Waals surface area contributed by atoms with Crippen LogP contribution in [0.25, 0.3) is 56.1 Å². The molecule has 0 aliphatic carbocycles. The fourth-order valence-electron chi connectivity index (χ4n) is 4.94. The van der Waals surface area contributed by atoms with Crippen LogP contribution in [0.2, 0.25) is 0 Å². The number of phenols is 1. The number of aromatic amines is 2. The minimum atomic E-state index is -0.541. The van der Waals surface area contributed by atoms with Crippen molar-refractivity contribution in [1.29, 1.82) is 0 Å². The molecule has 0 spiro atoms. The Bertz CT molecular complexity index is 1810. The standard InChI is InChI=1S/C28H23FN8O2/c29-17-9-15(10-18(38)12-17)21-5-8-32-27-24(21)34-28(35-27)26-25-23(36-37-26)2-1-22(33-25)16-11-20(14-31-13-16)39-19-3-6-30-7-4-19/h1-2,5,8-14,19,30,38H,3-4,6-7H2,(H,36,37)(H,32,34,35). The van der Waals surface area contributed by atoms with Gasteiger partial charge in [-0.15, -0.1) is 0 Å². The summed E-state index contributed by atoms with van der Waals surface area (Å²) in [4.78, 5) is 21.6. The van der Waals surface area contributed by atoms with E-state index in [0.29, 0.717) is 45.1 Å². The first kappa shape index (κ1) is 23.2. The van der Waals surface area contributed by atoms with Crippen LogP contribution in [0.4, 0.5) is 4.39 Å². The Balaban J connectivity index is 1.26. The molecule has 4 N–H and O–H groups in total. The van der Waals surface area contributed by atoms with E-state index in [9.17, 15) is 9.50 Å². The van der Waals surface area contributed by atoms with Crippen LogP contribution in [0.15, 0.2) is 61.1 Å². The maximum absolute atomic E-state index is 14.0. The van der Waals surface area contributed by atoms with Crippen molar-refractivity contribution in [2.24, 2.45) is 0 Å². The second-order valence-electron chi connectivity index (χ2n) is 9.48. The number of pyridine rings is 3. The highest BCUT2D eigenvalue weighted by Gasteiger charge is 2.19. The molecule has 1 aromatic carbocycles. The number of fused-ring (bicyclic) bond motifs is 2.